The molecule has 2 aromatic rings. The molecular formula is C16H21Cl2F2N5O3. The summed E-state index contributed by atoms with van der Waals surface area (Å²) in [6.45, 7) is -3.15. The summed E-state index contributed by atoms with van der Waals surface area (Å²) in [7, 11) is 0. The van der Waals surface area contributed by atoms with Gasteiger partial charge in [0.1, 0.15) is 6.04 Å². The fourth-order valence-electron chi connectivity index (χ4n) is 3.11. The summed E-state index contributed by atoms with van der Waals surface area (Å²) in [5, 5.41) is 3.62. The van der Waals surface area contributed by atoms with Gasteiger partial charge in [-0.05, 0) is 12.1 Å². The summed E-state index contributed by atoms with van der Waals surface area (Å²) in [4.78, 5) is 32.7. The van der Waals surface area contributed by atoms with Crippen molar-refractivity contribution in [2.45, 2.75) is 31.7 Å². The lowest BCUT2D eigenvalue weighted by Crippen LogP contribution is -2.47. The van der Waals surface area contributed by atoms with Crippen LogP contribution in [0.3, 0.4) is 0 Å². The molecule has 1 saturated heterocycles. The molecule has 0 unspecified atom stereocenters. The Morgan fingerprint density at radius 3 is 2.82 bits per heavy atom. The van der Waals surface area contributed by atoms with E-state index in [2.05, 4.69) is 20.0 Å². The van der Waals surface area contributed by atoms with Crippen LogP contribution in [0.2, 0.25) is 0 Å². The number of fused-ring (bicyclic) bond motifs is 1. The molecule has 12 heteroatoms. The summed E-state index contributed by atoms with van der Waals surface area (Å²) >= 11 is 0. The normalized spacial score (nSPS) is 18.6. The zero-order valence-corrected chi connectivity index (χ0v) is 16.3. The highest BCUT2D eigenvalue weighted by molar-refractivity contribution is 5.89. The summed E-state index contributed by atoms with van der Waals surface area (Å²) < 4.78 is 29.3. The molecular weight excluding hydrogens is 419 g/mol. The smallest absolute Gasteiger partial charge is 0.345 e. The Morgan fingerprint density at radius 1 is 1.43 bits per heavy atom. The van der Waals surface area contributed by atoms with Gasteiger partial charge < -0.3 is 25.7 Å². The first-order valence-corrected chi connectivity index (χ1v) is 8.10. The van der Waals surface area contributed by atoms with Crippen molar-refractivity contribution in [3.63, 3.8) is 0 Å². The third-order valence-electron chi connectivity index (χ3n) is 4.29. The molecule has 2 atom stereocenters. The van der Waals surface area contributed by atoms with Crippen LogP contribution in [0.5, 0.6) is 0 Å². The van der Waals surface area contributed by atoms with Crippen molar-refractivity contribution < 1.29 is 23.1 Å². The number of rotatable bonds is 6. The van der Waals surface area contributed by atoms with Crippen molar-refractivity contribution in [2.24, 2.45) is 5.73 Å². The van der Waals surface area contributed by atoms with Crippen molar-refractivity contribution in [1.82, 2.24) is 20.2 Å². The number of aromatic amines is 1. The monoisotopic (exact) mass is 439 g/mol. The number of H-pyrrole nitrogens is 1. The number of carbonyl (C=O) groups excluding carboxylic acids is 2. The van der Waals surface area contributed by atoms with E-state index < -0.39 is 30.6 Å². The van der Waals surface area contributed by atoms with E-state index in [9.17, 15) is 18.4 Å². The molecule has 156 valence electrons. The fourth-order valence-corrected chi connectivity index (χ4v) is 3.11. The fraction of sp³-hybridized carbons (Fsp3) is 0.438. The minimum atomic E-state index is -2.96. The van der Waals surface area contributed by atoms with Crippen molar-refractivity contribution in [1.29, 1.82) is 0 Å². The molecule has 0 saturated carbocycles. The van der Waals surface area contributed by atoms with Crippen LogP contribution in [0.4, 0.5) is 8.78 Å². The number of halogens is 4. The lowest BCUT2D eigenvalue weighted by atomic mass is 10.2. The van der Waals surface area contributed by atoms with E-state index in [0.717, 1.165) is 16.6 Å². The quantitative estimate of drug-likeness (QED) is 0.625. The molecule has 0 bridgehead atoms. The minimum absolute atomic E-state index is 0. The average Bonchev–Trinajstić information content (AvgIpc) is 3.22. The molecule has 0 aromatic carbocycles. The number of alkyl halides is 2. The highest BCUT2D eigenvalue weighted by atomic mass is 35.5. The van der Waals surface area contributed by atoms with Crippen LogP contribution in [0.25, 0.3) is 10.9 Å². The summed E-state index contributed by atoms with van der Waals surface area (Å²) in [6, 6.07) is 2.77. The third-order valence-corrected chi connectivity index (χ3v) is 4.29. The molecule has 2 amide bonds. The molecule has 3 rings (SSSR count). The molecule has 1 aliphatic rings. The van der Waals surface area contributed by atoms with Crippen LogP contribution in [0, 0.1) is 0 Å². The van der Waals surface area contributed by atoms with Gasteiger partial charge in [0.05, 0.1) is 19.2 Å². The van der Waals surface area contributed by atoms with Gasteiger partial charge in [0, 0.05) is 42.0 Å². The number of likely N-dealkylation sites (tertiary alicyclic amines) is 1. The van der Waals surface area contributed by atoms with Gasteiger partial charge in [-0.1, -0.05) is 0 Å². The summed E-state index contributed by atoms with van der Waals surface area (Å²) in [5.41, 5.74) is 6.99. The predicted octanol–water partition coefficient (Wildman–Crippen LogP) is 1.19. The Bertz CT molecular complexity index is 774. The molecule has 0 aliphatic carbocycles. The maximum absolute atomic E-state index is 12.5. The van der Waals surface area contributed by atoms with Crippen LogP contribution >= 0.6 is 24.8 Å². The molecule has 28 heavy (non-hydrogen) atoms. The van der Waals surface area contributed by atoms with E-state index in [0.29, 0.717) is 0 Å². The first-order valence-electron chi connectivity index (χ1n) is 8.10. The van der Waals surface area contributed by atoms with Gasteiger partial charge in [0.25, 0.3) is 0 Å². The maximum Gasteiger partial charge on any atom is 0.345 e. The van der Waals surface area contributed by atoms with E-state index in [1.807, 2.05) is 12.1 Å². The number of carbonyl (C=O) groups is 2. The number of amides is 2. The minimum Gasteiger partial charge on any atom is -0.357 e. The first-order chi connectivity index (χ1) is 12.5. The van der Waals surface area contributed by atoms with Gasteiger partial charge in [-0.2, -0.15) is 8.78 Å². The molecule has 1 aliphatic heterocycles. The molecule has 0 spiro atoms. The van der Waals surface area contributed by atoms with E-state index >= 15 is 0 Å². The van der Waals surface area contributed by atoms with E-state index in [1.54, 1.807) is 12.4 Å². The summed E-state index contributed by atoms with van der Waals surface area (Å²) in [5.74, 6) is -0.925. The lowest BCUT2D eigenvalue weighted by molar-refractivity contribution is -0.160. The van der Waals surface area contributed by atoms with Crippen molar-refractivity contribution >= 4 is 47.5 Å². The Hall–Kier alpha value is -2.01. The number of ether oxygens (including phenoxy) is 1. The van der Waals surface area contributed by atoms with Gasteiger partial charge >= 0.3 is 6.61 Å². The number of nitrogens with zero attached hydrogens (tertiary/aromatic N) is 2. The van der Waals surface area contributed by atoms with E-state index in [1.165, 1.54) is 4.90 Å². The van der Waals surface area contributed by atoms with Crippen LogP contribution in [0.1, 0.15) is 12.1 Å². The van der Waals surface area contributed by atoms with Crippen molar-refractivity contribution in [3.8, 4) is 0 Å². The molecule has 4 N–H and O–H groups in total. The van der Waals surface area contributed by atoms with Crippen LogP contribution in [-0.2, 0) is 20.9 Å². The summed E-state index contributed by atoms with van der Waals surface area (Å²) in [6.07, 6.45) is 2.44. The SMILES string of the molecule is Cl.Cl.NCC(=O)N1C[C@H](OC(F)F)C[C@H]1C(=O)NCc1cc2cnccc2[nH]1. The second-order valence-electron chi connectivity index (χ2n) is 6.00. The molecule has 8 nitrogen and oxygen atoms in total. The highest BCUT2D eigenvalue weighted by Gasteiger charge is 2.40. The zero-order valence-electron chi connectivity index (χ0n) is 14.6. The largest absolute Gasteiger partial charge is 0.357 e. The van der Waals surface area contributed by atoms with Gasteiger partial charge in [-0.15, -0.1) is 24.8 Å². The van der Waals surface area contributed by atoms with Gasteiger partial charge in [-0.3, -0.25) is 14.6 Å². The number of aromatic nitrogens is 2. The Balaban J connectivity index is 0.00000196. The van der Waals surface area contributed by atoms with Crippen LogP contribution < -0.4 is 11.1 Å². The molecule has 2 aromatic heterocycles. The third kappa shape index (κ3) is 5.51. The number of hydrogen-bond donors (Lipinski definition) is 3. The lowest BCUT2D eigenvalue weighted by Gasteiger charge is -2.22. The zero-order chi connectivity index (χ0) is 18.7. The second kappa shape index (κ2) is 10.5. The Labute approximate surface area is 172 Å². The predicted molar refractivity (Wildman–Crippen MR) is 102 cm³/mol. The number of hydrogen-bond acceptors (Lipinski definition) is 5. The maximum atomic E-state index is 12.5. The van der Waals surface area contributed by atoms with Gasteiger partial charge in [-0.25, -0.2) is 0 Å². The molecule has 3 heterocycles. The number of pyridine rings is 1. The topological polar surface area (TPSA) is 113 Å². The average molecular weight is 440 g/mol. The number of nitrogens with one attached hydrogen (secondary N) is 2. The highest BCUT2D eigenvalue weighted by Crippen LogP contribution is 2.23. The molecule has 0 radical (unpaired) electrons. The standard InChI is InChI=1S/C16H19F2N5O3.2ClH/c17-16(18)26-11-4-13(23(8-11)14(24)5-19)15(25)21-7-10-3-9-6-20-2-1-12(9)22-10;;/h1-3,6,11,13,16,22H,4-5,7-8,19H2,(H,21,25);2*1H/t11-,13+;;/m1../s1. The van der Waals surface area contributed by atoms with Gasteiger partial charge in [0.15, 0.2) is 0 Å². The number of nitrogens with two attached hydrogens (primary N) is 1. The first kappa shape index (κ1) is 24.0. The Kier molecular flexibility index (Phi) is 9.02. The van der Waals surface area contributed by atoms with Crippen LogP contribution in [0.15, 0.2) is 24.5 Å². The van der Waals surface area contributed by atoms with E-state index in [4.69, 9.17) is 5.73 Å². The Morgan fingerprint density at radius 2 is 2.18 bits per heavy atom. The van der Waals surface area contributed by atoms with Crippen LogP contribution in [-0.4, -0.2) is 58.5 Å². The van der Waals surface area contributed by atoms with Crippen molar-refractivity contribution in [2.75, 3.05) is 13.1 Å². The second-order valence-corrected chi connectivity index (χ2v) is 6.00. The van der Waals surface area contributed by atoms with E-state index in [-0.39, 0.29) is 50.9 Å². The van der Waals surface area contributed by atoms with Gasteiger partial charge in [0.2, 0.25) is 11.8 Å². The molecule has 1 fully saturated rings. The van der Waals surface area contributed by atoms with Crippen molar-refractivity contribution in [3.05, 3.63) is 30.2 Å².